The lowest BCUT2D eigenvalue weighted by Gasteiger charge is -2.04. The Morgan fingerprint density at radius 3 is 2.30 bits per heavy atom. The van der Waals surface area contributed by atoms with Crippen LogP contribution in [0.1, 0.15) is 31.0 Å². The standard InChI is InChI=1S/C15H17F3N2/c1-3-4-5-11-6-8-12(9-7-11)14-19-13(10-20(14)2)15(16,17)18/h6-10H,3-5H2,1-2H3. The number of alkyl halides is 3. The lowest BCUT2D eigenvalue weighted by atomic mass is 10.1. The number of aryl methyl sites for hydroxylation is 2. The van der Waals surface area contributed by atoms with E-state index in [0.717, 1.165) is 25.5 Å². The first-order valence-electron chi connectivity index (χ1n) is 6.61. The van der Waals surface area contributed by atoms with Crippen molar-refractivity contribution in [2.45, 2.75) is 32.4 Å². The van der Waals surface area contributed by atoms with E-state index in [2.05, 4.69) is 11.9 Å². The van der Waals surface area contributed by atoms with E-state index in [4.69, 9.17) is 0 Å². The highest BCUT2D eigenvalue weighted by Gasteiger charge is 2.34. The Labute approximate surface area is 116 Å². The van der Waals surface area contributed by atoms with Crippen molar-refractivity contribution in [1.82, 2.24) is 9.55 Å². The molecule has 0 bridgehead atoms. The van der Waals surface area contributed by atoms with Crippen LogP contribution in [-0.2, 0) is 19.6 Å². The van der Waals surface area contributed by atoms with E-state index in [1.54, 1.807) is 7.05 Å². The number of benzene rings is 1. The zero-order valence-corrected chi connectivity index (χ0v) is 11.5. The summed E-state index contributed by atoms with van der Waals surface area (Å²) in [5.74, 6) is 0.333. The van der Waals surface area contributed by atoms with E-state index in [-0.39, 0.29) is 0 Å². The molecule has 1 heterocycles. The molecule has 0 aliphatic rings. The molecule has 0 spiro atoms. The maximum atomic E-state index is 12.6. The van der Waals surface area contributed by atoms with Gasteiger partial charge in [-0.3, -0.25) is 0 Å². The molecule has 0 saturated carbocycles. The molecular formula is C15H17F3N2. The SMILES string of the molecule is CCCCc1ccc(-c2nc(C(F)(F)F)cn2C)cc1. The van der Waals surface area contributed by atoms with Crippen molar-refractivity contribution in [3.63, 3.8) is 0 Å². The number of rotatable bonds is 4. The second-order valence-corrected chi connectivity index (χ2v) is 4.86. The van der Waals surface area contributed by atoms with Crippen molar-refractivity contribution < 1.29 is 13.2 Å². The Balaban J connectivity index is 2.25. The fourth-order valence-corrected chi connectivity index (χ4v) is 2.07. The maximum Gasteiger partial charge on any atom is 0.434 e. The van der Waals surface area contributed by atoms with Gasteiger partial charge in [-0.25, -0.2) is 4.98 Å². The Morgan fingerprint density at radius 2 is 1.80 bits per heavy atom. The molecule has 0 radical (unpaired) electrons. The maximum absolute atomic E-state index is 12.6. The Bertz CT molecular complexity index is 568. The smallest absolute Gasteiger partial charge is 0.333 e. The highest BCUT2D eigenvalue weighted by molar-refractivity contribution is 5.56. The molecule has 20 heavy (non-hydrogen) atoms. The van der Waals surface area contributed by atoms with E-state index in [1.165, 1.54) is 10.1 Å². The number of aromatic nitrogens is 2. The molecule has 0 aliphatic carbocycles. The molecule has 0 atom stereocenters. The fraction of sp³-hybridized carbons (Fsp3) is 0.400. The Morgan fingerprint density at radius 1 is 1.15 bits per heavy atom. The van der Waals surface area contributed by atoms with Gasteiger partial charge in [0.2, 0.25) is 0 Å². The average molecular weight is 282 g/mol. The first kappa shape index (κ1) is 14.6. The van der Waals surface area contributed by atoms with Gasteiger partial charge < -0.3 is 4.57 Å². The molecule has 0 N–H and O–H groups in total. The second-order valence-electron chi connectivity index (χ2n) is 4.86. The third-order valence-corrected chi connectivity index (χ3v) is 3.20. The van der Waals surface area contributed by atoms with Gasteiger partial charge in [-0.15, -0.1) is 0 Å². The molecule has 108 valence electrons. The predicted octanol–water partition coefficient (Wildman–Crippen LogP) is 4.45. The summed E-state index contributed by atoms with van der Waals surface area (Å²) in [5, 5.41) is 0. The summed E-state index contributed by atoms with van der Waals surface area (Å²) in [4.78, 5) is 3.68. The Kier molecular flexibility index (Phi) is 4.16. The molecule has 0 aliphatic heterocycles. The molecule has 5 heteroatoms. The highest BCUT2D eigenvalue weighted by atomic mass is 19.4. The molecule has 0 unspecified atom stereocenters. The summed E-state index contributed by atoms with van der Waals surface area (Å²) in [6, 6.07) is 7.56. The summed E-state index contributed by atoms with van der Waals surface area (Å²) >= 11 is 0. The minimum atomic E-state index is -4.41. The van der Waals surface area contributed by atoms with Crippen LogP contribution >= 0.6 is 0 Å². The van der Waals surface area contributed by atoms with E-state index >= 15 is 0 Å². The number of hydrogen-bond acceptors (Lipinski definition) is 1. The van der Waals surface area contributed by atoms with Crippen LogP contribution in [0.15, 0.2) is 30.5 Å². The van der Waals surface area contributed by atoms with Crippen molar-refractivity contribution in [1.29, 1.82) is 0 Å². The van der Waals surface area contributed by atoms with Crippen LogP contribution in [0.4, 0.5) is 13.2 Å². The fourth-order valence-electron chi connectivity index (χ4n) is 2.07. The summed E-state index contributed by atoms with van der Waals surface area (Å²) in [6.45, 7) is 2.13. The zero-order valence-electron chi connectivity index (χ0n) is 11.5. The molecular weight excluding hydrogens is 265 g/mol. The first-order chi connectivity index (χ1) is 9.41. The third-order valence-electron chi connectivity index (χ3n) is 3.20. The Hall–Kier alpha value is -1.78. The third kappa shape index (κ3) is 3.21. The average Bonchev–Trinajstić information content (AvgIpc) is 2.79. The van der Waals surface area contributed by atoms with Gasteiger partial charge in [-0.05, 0) is 18.4 Å². The number of nitrogens with zero attached hydrogens (tertiary/aromatic N) is 2. The number of imidazole rings is 1. The van der Waals surface area contributed by atoms with Crippen LogP contribution in [-0.4, -0.2) is 9.55 Å². The molecule has 2 nitrogen and oxygen atoms in total. The van der Waals surface area contributed by atoms with E-state index < -0.39 is 11.9 Å². The molecule has 0 fully saturated rings. The van der Waals surface area contributed by atoms with Crippen LogP contribution in [0.2, 0.25) is 0 Å². The molecule has 0 amide bonds. The van der Waals surface area contributed by atoms with Crippen molar-refractivity contribution in [2.75, 3.05) is 0 Å². The van der Waals surface area contributed by atoms with Crippen molar-refractivity contribution >= 4 is 0 Å². The molecule has 1 aromatic carbocycles. The molecule has 0 saturated heterocycles. The largest absolute Gasteiger partial charge is 0.434 e. The second kappa shape index (κ2) is 5.69. The monoisotopic (exact) mass is 282 g/mol. The van der Waals surface area contributed by atoms with Gasteiger partial charge in [0.05, 0.1) is 0 Å². The van der Waals surface area contributed by atoms with Crippen LogP contribution in [0.3, 0.4) is 0 Å². The van der Waals surface area contributed by atoms with Crippen molar-refractivity contribution in [3.05, 3.63) is 41.7 Å². The lowest BCUT2D eigenvalue weighted by Crippen LogP contribution is -2.04. The van der Waals surface area contributed by atoms with Crippen LogP contribution in [0.5, 0.6) is 0 Å². The summed E-state index contributed by atoms with van der Waals surface area (Å²) in [5.41, 5.74) is 1.04. The van der Waals surface area contributed by atoms with Crippen LogP contribution in [0, 0.1) is 0 Å². The number of hydrogen-bond donors (Lipinski definition) is 0. The first-order valence-corrected chi connectivity index (χ1v) is 6.61. The van der Waals surface area contributed by atoms with Gasteiger partial charge in [0, 0.05) is 18.8 Å². The van der Waals surface area contributed by atoms with Gasteiger partial charge in [-0.2, -0.15) is 13.2 Å². The quantitative estimate of drug-likeness (QED) is 0.810. The predicted molar refractivity (Wildman–Crippen MR) is 72.3 cm³/mol. The van der Waals surface area contributed by atoms with E-state index in [1.807, 2.05) is 24.3 Å². The minimum Gasteiger partial charge on any atom is -0.333 e. The van der Waals surface area contributed by atoms with Gasteiger partial charge in [0.1, 0.15) is 5.82 Å². The molecule has 2 aromatic rings. The topological polar surface area (TPSA) is 17.8 Å². The van der Waals surface area contributed by atoms with E-state index in [0.29, 0.717) is 11.4 Å². The van der Waals surface area contributed by atoms with Crippen molar-refractivity contribution in [3.8, 4) is 11.4 Å². The summed E-state index contributed by atoms with van der Waals surface area (Å²) in [7, 11) is 1.57. The minimum absolute atomic E-state index is 0.333. The zero-order chi connectivity index (χ0) is 14.8. The van der Waals surface area contributed by atoms with Gasteiger partial charge in [-0.1, -0.05) is 37.6 Å². The van der Waals surface area contributed by atoms with Gasteiger partial charge in [0.25, 0.3) is 0 Å². The highest BCUT2D eigenvalue weighted by Crippen LogP contribution is 2.30. The van der Waals surface area contributed by atoms with Gasteiger partial charge in [0.15, 0.2) is 5.69 Å². The number of unbranched alkanes of at least 4 members (excludes halogenated alkanes) is 1. The summed E-state index contributed by atoms with van der Waals surface area (Å²) in [6.07, 6.45) is -0.168. The van der Waals surface area contributed by atoms with E-state index in [9.17, 15) is 13.2 Å². The molecule has 1 aromatic heterocycles. The summed E-state index contributed by atoms with van der Waals surface area (Å²) < 4.78 is 39.3. The van der Waals surface area contributed by atoms with Crippen LogP contribution < -0.4 is 0 Å². The lowest BCUT2D eigenvalue weighted by molar-refractivity contribution is -0.140. The van der Waals surface area contributed by atoms with Crippen molar-refractivity contribution in [2.24, 2.45) is 7.05 Å². The number of halogens is 3. The van der Waals surface area contributed by atoms with Crippen LogP contribution in [0.25, 0.3) is 11.4 Å². The molecule has 2 rings (SSSR count). The van der Waals surface area contributed by atoms with Gasteiger partial charge >= 0.3 is 6.18 Å². The normalized spacial score (nSPS) is 11.8.